The Hall–Kier alpha value is -2.52. The van der Waals surface area contributed by atoms with Crippen molar-refractivity contribution in [3.8, 4) is 5.75 Å². The molecular formula is C13H9F6N3O. The molecule has 0 aliphatic rings. The lowest BCUT2D eigenvalue weighted by Crippen LogP contribution is -2.19. The molecule has 0 saturated carbocycles. The number of aromatic nitrogens is 2. The largest absolute Gasteiger partial charge is 0.484 e. The van der Waals surface area contributed by atoms with Crippen molar-refractivity contribution < 1.29 is 31.1 Å². The highest BCUT2D eigenvalue weighted by Gasteiger charge is 2.32. The van der Waals surface area contributed by atoms with Gasteiger partial charge < -0.3 is 10.1 Å². The molecule has 2 rings (SSSR count). The summed E-state index contributed by atoms with van der Waals surface area (Å²) in [7, 11) is 0. The summed E-state index contributed by atoms with van der Waals surface area (Å²) in [4.78, 5) is 0. The van der Waals surface area contributed by atoms with E-state index in [4.69, 9.17) is 0 Å². The Balaban J connectivity index is 1.98. The summed E-state index contributed by atoms with van der Waals surface area (Å²) in [5.41, 5.74) is -0.725. The molecule has 0 fully saturated rings. The maximum absolute atomic E-state index is 12.3. The quantitative estimate of drug-likeness (QED) is 0.850. The maximum atomic E-state index is 12.3. The van der Waals surface area contributed by atoms with Gasteiger partial charge in [0.1, 0.15) is 5.75 Å². The van der Waals surface area contributed by atoms with E-state index >= 15 is 0 Å². The summed E-state index contributed by atoms with van der Waals surface area (Å²) in [6.45, 7) is -1.41. The molecule has 0 aliphatic carbocycles. The molecule has 0 radical (unpaired) electrons. The minimum absolute atomic E-state index is 0.00591. The first-order chi connectivity index (χ1) is 10.6. The molecule has 0 unspecified atom stereocenters. The highest BCUT2D eigenvalue weighted by atomic mass is 19.4. The number of hydrogen-bond acceptors (Lipinski definition) is 4. The highest BCUT2D eigenvalue weighted by Crippen LogP contribution is 2.27. The standard InChI is InChI=1S/C13H9F6N3O/c14-12(15,16)7-23-9-3-1-8(2-4-9)20-11-6-5-10(21-22-11)13(17,18)19/h1-6H,7H2,(H,20,22). The van der Waals surface area contributed by atoms with Crippen molar-refractivity contribution in [2.45, 2.75) is 12.4 Å². The van der Waals surface area contributed by atoms with E-state index in [1.165, 1.54) is 24.3 Å². The lowest BCUT2D eigenvalue weighted by atomic mass is 10.3. The molecule has 0 atom stereocenters. The van der Waals surface area contributed by atoms with Gasteiger partial charge in [0, 0.05) is 5.69 Å². The molecule has 0 bridgehead atoms. The second-order valence-corrected chi connectivity index (χ2v) is 4.35. The Bertz CT molecular complexity index is 637. The lowest BCUT2D eigenvalue weighted by molar-refractivity contribution is -0.153. The number of hydrogen-bond donors (Lipinski definition) is 1. The van der Waals surface area contributed by atoms with Gasteiger partial charge in [-0.2, -0.15) is 26.3 Å². The third-order valence-corrected chi connectivity index (χ3v) is 2.48. The average molecular weight is 337 g/mol. The van der Waals surface area contributed by atoms with E-state index in [0.717, 1.165) is 12.1 Å². The SMILES string of the molecule is FC(F)(F)COc1ccc(Nc2ccc(C(F)(F)F)nn2)cc1. The topological polar surface area (TPSA) is 47.0 Å². The Morgan fingerprint density at radius 2 is 1.52 bits per heavy atom. The number of rotatable bonds is 4. The Morgan fingerprint density at radius 1 is 0.870 bits per heavy atom. The van der Waals surface area contributed by atoms with Gasteiger partial charge in [0.25, 0.3) is 0 Å². The predicted octanol–water partition coefficient (Wildman–Crippen LogP) is 4.18. The monoisotopic (exact) mass is 337 g/mol. The van der Waals surface area contributed by atoms with Crippen LogP contribution in [0.1, 0.15) is 5.69 Å². The van der Waals surface area contributed by atoms with E-state index in [2.05, 4.69) is 20.3 Å². The van der Waals surface area contributed by atoms with Crippen LogP contribution < -0.4 is 10.1 Å². The van der Waals surface area contributed by atoms with Crippen molar-refractivity contribution in [2.75, 3.05) is 11.9 Å². The summed E-state index contributed by atoms with van der Waals surface area (Å²) < 4.78 is 77.5. The summed E-state index contributed by atoms with van der Waals surface area (Å²) in [5.74, 6) is 0.0633. The van der Waals surface area contributed by atoms with Gasteiger partial charge in [0.2, 0.25) is 0 Å². The molecule has 2 aromatic rings. The molecule has 23 heavy (non-hydrogen) atoms. The molecule has 10 heteroatoms. The molecule has 1 aromatic heterocycles. The molecule has 1 heterocycles. The Labute approximate surface area is 126 Å². The van der Waals surface area contributed by atoms with Crippen LogP contribution in [0.25, 0.3) is 0 Å². The maximum Gasteiger partial charge on any atom is 0.435 e. The number of benzene rings is 1. The van der Waals surface area contributed by atoms with Crippen molar-refractivity contribution in [3.05, 3.63) is 42.1 Å². The van der Waals surface area contributed by atoms with Crippen molar-refractivity contribution in [2.24, 2.45) is 0 Å². The third kappa shape index (κ3) is 5.31. The van der Waals surface area contributed by atoms with Crippen molar-refractivity contribution >= 4 is 11.5 Å². The zero-order valence-electron chi connectivity index (χ0n) is 11.2. The van der Waals surface area contributed by atoms with Gasteiger partial charge in [-0.05, 0) is 36.4 Å². The first-order valence-corrected chi connectivity index (χ1v) is 6.11. The molecule has 1 N–H and O–H groups in total. The minimum Gasteiger partial charge on any atom is -0.484 e. The lowest BCUT2D eigenvalue weighted by Gasteiger charge is -2.10. The number of nitrogens with one attached hydrogen (secondary N) is 1. The minimum atomic E-state index is -4.58. The van der Waals surface area contributed by atoms with Crippen LogP contribution in [0.5, 0.6) is 5.75 Å². The molecular weight excluding hydrogens is 328 g/mol. The zero-order chi connectivity index (χ0) is 17.1. The van der Waals surface area contributed by atoms with Crippen LogP contribution in [-0.4, -0.2) is 23.0 Å². The van der Waals surface area contributed by atoms with Crippen LogP contribution >= 0.6 is 0 Å². The molecule has 124 valence electrons. The summed E-state index contributed by atoms with van der Waals surface area (Å²) in [6, 6.07) is 7.20. The zero-order valence-corrected chi connectivity index (χ0v) is 11.2. The van der Waals surface area contributed by atoms with Gasteiger partial charge in [0.15, 0.2) is 18.1 Å². The van der Waals surface area contributed by atoms with E-state index in [1.54, 1.807) is 0 Å². The van der Waals surface area contributed by atoms with Crippen LogP contribution in [0.2, 0.25) is 0 Å². The Kier molecular flexibility index (Phi) is 4.62. The number of anilines is 2. The summed E-state index contributed by atoms with van der Waals surface area (Å²) in [6.07, 6.45) is -9.02. The van der Waals surface area contributed by atoms with E-state index in [-0.39, 0.29) is 11.6 Å². The fourth-order valence-corrected chi connectivity index (χ4v) is 1.50. The number of alkyl halides is 6. The summed E-state index contributed by atoms with van der Waals surface area (Å²) in [5, 5.41) is 9.07. The van der Waals surface area contributed by atoms with Crippen LogP contribution in [0.4, 0.5) is 37.8 Å². The molecule has 0 spiro atoms. The Morgan fingerprint density at radius 3 is 2.00 bits per heavy atom. The molecule has 0 aliphatic heterocycles. The smallest absolute Gasteiger partial charge is 0.435 e. The third-order valence-electron chi connectivity index (χ3n) is 2.48. The fraction of sp³-hybridized carbons (Fsp3) is 0.231. The van der Waals surface area contributed by atoms with E-state index in [1.807, 2.05) is 0 Å². The van der Waals surface area contributed by atoms with Gasteiger partial charge in [-0.25, -0.2) is 0 Å². The van der Waals surface area contributed by atoms with Gasteiger partial charge >= 0.3 is 12.4 Å². The van der Waals surface area contributed by atoms with Crippen LogP contribution in [-0.2, 0) is 6.18 Å². The summed E-state index contributed by atoms with van der Waals surface area (Å²) >= 11 is 0. The van der Waals surface area contributed by atoms with E-state index in [9.17, 15) is 26.3 Å². The highest BCUT2D eigenvalue weighted by molar-refractivity contribution is 5.56. The number of nitrogens with zero attached hydrogens (tertiary/aromatic N) is 2. The first-order valence-electron chi connectivity index (χ1n) is 6.11. The fourth-order valence-electron chi connectivity index (χ4n) is 1.50. The number of halogens is 6. The molecule has 1 aromatic carbocycles. The van der Waals surface area contributed by atoms with Crippen molar-refractivity contribution in [3.63, 3.8) is 0 Å². The van der Waals surface area contributed by atoms with Gasteiger partial charge in [0.05, 0.1) is 0 Å². The van der Waals surface area contributed by atoms with E-state index < -0.39 is 24.7 Å². The second-order valence-electron chi connectivity index (χ2n) is 4.35. The van der Waals surface area contributed by atoms with Gasteiger partial charge in [-0.1, -0.05) is 0 Å². The number of ether oxygens (including phenoxy) is 1. The first kappa shape index (κ1) is 16.8. The van der Waals surface area contributed by atoms with E-state index in [0.29, 0.717) is 5.69 Å². The molecule has 0 amide bonds. The van der Waals surface area contributed by atoms with Crippen LogP contribution in [0, 0.1) is 0 Å². The van der Waals surface area contributed by atoms with Gasteiger partial charge in [-0.15, -0.1) is 10.2 Å². The van der Waals surface area contributed by atoms with Crippen molar-refractivity contribution in [1.82, 2.24) is 10.2 Å². The molecule has 4 nitrogen and oxygen atoms in total. The molecule has 0 saturated heterocycles. The predicted molar refractivity (Wildman–Crippen MR) is 68.3 cm³/mol. The van der Waals surface area contributed by atoms with Gasteiger partial charge in [-0.3, -0.25) is 0 Å². The van der Waals surface area contributed by atoms with Crippen LogP contribution in [0.15, 0.2) is 36.4 Å². The van der Waals surface area contributed by atoms with Crippen molar-refractivity contribution in [1.29, 1.82) is 0 Å². The average Bonchev–Trinajstić information content (AvgIpc) is 2.45. The second kappa shape index (κ2) is 6.31. The normalized spacial score (nSPS) is 12.1. The van der Waals surface area contributed by atoms with Crippen LogP contribution in [0.3, 0.4) is 0 Å².